The second-order valence-electron chi connectivity index (χ2n) is 9.29. The Hall–Kier alpha value is -4.09. The van der Waals surface area contributed by atoms with Gasteiger partial charge in [-0.25, -0.2) is 4.98 Å². The first-order valence-corrected chi connectivity index (χ1v) is 12.1. The van der Waals surface area contributed by atoms with Gasteiger partial charge in [0.2, 0.25) is 5.91 Å². The number of piperidine rings is 1. The van der Waals surface area contributed by atoms with Gasteiger partial charge in [0.05, 0.1) is 11.0 Å². The number of likely N-dealkylation sites (tertiary alicyclic amines) is 1. The number of amides is 2. The van der Waals surface area contributed by atoms with Crippen molar-refractivity contribution in [3.8, 4) is 11.5 Å². The normalized spacial score (nSPS) is 15.4. The molecule has 1 aliphatic heterocycles. The van der Waals surface area contributed by atoms with Gasteiger partial charge in [0.25, 0.3) is 11.5 Å². The summed E-state index contributed by atoms with van der Waals surface area (Å²) in [5.41, 5.74) is -0.0106. The fraction of sp³-hybridized carbons (Fsp3) is 0.385. The zero-order valence-corrected chi connectivity index (χ0v) is 20.7. The van der Waals surface area contributed by atoms with Crippen molar-refractivity contribution < 1.29 is 32.2 Å². The van der Waals surface area contributed by atoms with Gasteiger partial charge in [-0.15, -0.1) is 13.2 Å². The standard InChI is InChI=1S/C26H27F3N4O5/c1-15(2)21(32-24(35)22-23(34)31-20-6-4-3-5-19(20)30-22)25(36)33-13-11-17(12-14-33)37-16-7-9-18(10-8-16)38-26(27,28)29/h3-10,15,17,21H,11-14H2,1-2H3,(H,31,34)(H,32,35)/t21-/m0/s1. The molecule has 2 N–H and O–H groups in total. The predicted molar refractivity (Wildman–Crippen MR) is 132 cm³/mol. The van der Waals surface area contributed by atoms with E-state index in [0.29, 0.717) is 42.7 Å². The summed E-state index contributed by atoms with van der Waals surface area (Å²) >= 11 is 0. The highest BCUT2D eigenvalue weighted by molar-refractivity contribution is 5.97. The van der Waals surface area contributed by atoms with Crippen LogP contribution in [0.1, 0.15) is 37.2 Å². The summed E-state index contributed by atoms with van der Waals surface area (Å²) in [5, 5.41) is 2.67. The molecule has 2 heterocycles. The van der Waals surface area contributed by atoms with Gasteiger partial charge in [0.1, 0.15) is 23.6 Å². The minimum absolute atomic E-state index is 0.235. The number of rotatable bonds is 7. The van der Waals surface area contributed by atoms with Gasteiger partial charge in [-0.05, 0) is 42.3 Å². The molecule has 1 saturated heterocycles. The minimum Gasteiger partial charge on any atom is -0.490 e. The molecule has 3 aromatic rings. The molecule has 2 amide bonds. The van der Waals surface area contributed by atoms with Crippen LogP contribution in [-0.2, 0) is 4.79 Å². The topological polar surface area (TPSA) is 114 Å². The van der Waals surface area contributed by atoms with Gasteiger partial charge < -0.3 is 24.7 Å². The first-order chi connectivity index (χ1) is 18.0. The van der Waals surface area contributed by atoms with Gasteiger partial charge in [-0.1, -0.05) is 26.0 Å². The molecular weight excluding hydrogens is 505 g/mol. The lowest BCUT2D eigenvalue weighted by molar-refractivity contribution is -0.274. The first-order valence-electron chi connectivity index (χ1n) is 12.1. The molecule has 202 valence electrons. The molecule has 2 aromatic carbocycles. The molecule has 1 atom stereocenters. The summed E-state index contributed by atoms with van der Waals surface area (Å²) in [6.07, 6.45) is -4.01. The highest BCUT2D eigenvalue weighted by Crippen LogP contribution is 2.26. The summed E-state index contributed by atoms with van der Waals surface area (Å²) in [6.45, 7) is 4.32. The molecule has 4 rings (SSSR count). The van der Waals surface area contributed by atoms with Crippen molar-refractivity contribution in [2.45, 2.75) is 45.2 Å². The Kier molecular flexibility index (Phi) is 7.88. The Bertz CT molecular complexity index is 1350. The van der Waals surface area contributed by atoms with Crippen LogP contribution in [0.2, 0.25) is 0 Å². The Morgan fingerprint density at radius 2 is 1.68 bits per heavy atom. The van der Waals surface area contributed by atoms with Crippen molar-refractivity contribution in [2.24, 2.45) is 5.92 Å². The van der Waals surface area contributed by atoms with E-state index in [4.69, 9.17) is 4.74 Å². The second kappa shape index (κ2) is 11.1. The van der Waals surface area contributed by atoms with Crippen molar-refractivity contribution >= 4 is 22.8 Å². The Morgan fingerprint density at radius 1 is 1.05 bits per heavy atom. The molecule has 0 aliphatic carbocycles. The van der Waals surface area contributed by atoms with Crippen molar-refractivity contribution in [1.29, 1.82) is 0 Å². The number of nitrogens with one attached hydrogen (secondary N) is 2. The molecule has 1 aromatic heterocycles. The summed E-state index contributed by atoms with van der Waals surface area (Å²) in [6, 6.07) is 11.1. The fourth-order valence-corrected chi connectivity index (χ4v) is 4.21. The highest BCUT2D eigenvalue weighted by atomic mass is 19.4. The lowest BCUT2D eigenvalue weighted by Crippen LogP contribution is -2.54. The van der Waals surface area contributed by atoms with E-state index in [1.54, 1.807) is 43.0 Å². The maximum Gasteiger partial charge on any atom is 0.573 e. The molecule has 38 heavy (non-hydrogen) atoms. The molecule has 1 aliphatic rings. The maximum atomic E-state index is 13.3. The van der Waals surface area contributed by atoms with E-state index in [0.717, 1.165) is 0 Å². The number of alkyl halides is 3. The number of carbonyl (C=O) groups excluding carboxylic acids is 2. The first kappa shape index (κ1) is 27.0. The average molecular weight is 533 g/mol. The van der Waals surface area contributed by atoms with E-state index in [1.807, 2.05) is 0 Å². The van der Waals surface area contributed by atoms with Gasteiger partial charge >= 0.3 is 6.36 Å². The van der Waals surface area contributed by atoms with Crippen molar-refractivity contribution in [1.82, 2.24) is 20.2 Å². The van der Waals surface area contributed by atoms with Crippen LogP contribution < -0.4 is 20.3 Å². The molecule has 0 radical (unpaired) electrons. The number of hydrogen-bond donors (Lipinski definition) is 2. The smallest absolute Gasteiger partial charge is 0.490 e. The third kappa shape index (κ3) is 6.61. The molecule has 12 heteroatoms. The van der Waals surface area contributed by atoms with Crippen LogP contribution in [0, 0.1) is 5.92 Å². The molecule has 0 spiro atoms. The van der Waals surface area contributed by atoms with Crippen LogP contribution in [0.3, 0.4) is 0 Å². The fourth-order valence-electron chi connectivity index (χ4n) is 4.21. The predicted octanol–water partition coefficient (Wildman–Crippen LogP) is 3.65. The largest absolute Gasteiger partial charge is 0.573 e. The van der Waals surface area contributed by atoms with Crippen molar-refractivity contribution in [3.63, 3.8) is 0 Å². The quantitative estimate of drug-likeness (QED) is 0.480. The van der Waals surface area contributed by atoms with E-state index in [-0.39, 0.29) is 29.4 Å². The Morgan fingerprint density at radius 3 is 2.32 bits per heavy atom. The van der Waals surface area contributed by atoms with Crippen LogP contribution in [0.15, 0.2) is 53.3 Å². The Labute approximate surface area is 216 Å². The van der Waals surface area contributed by atoms with E-state index in [1.165, 1.54) is 24.3 Å². The number of hydrogen-bond acceptors (Lipinski definition) is 6. The van der Waals surface area contributed by atoms with E-state index >= 15 is 0 Å². The lowest BCUT2D eigenvalue weighted by Gasteiger charge is -2.35. The second-order valence-corrected chi connectivity index (χ2v) is 9.29. The number of para-hydroxylation sites is 2. The lowest BCUT2D eigenvalue weighted by atomic mass is 10.00. The van der Waals surface area contributed by atoms with Gasteiger partial charge in [-0.2, -0.15) is 0 Å². The van der Waals surface area contributed by atoms with E-state index < -0.39 is 23.9 Å². The number of H-pyrrole nitrogens is 1. The van der Waals surface area contributed by atoms with Crippen LogP contribution in [0.4, 0.5) is 13.2 Å². The van der Waals surface area contributed by atoms with Gasteiger partial charge in [0.15, 0.2) is 5.69 Å². The Balaban J connectivity index is 1.35. The molecule has 0 saturated carbocycles. The number of halogens is 3. The number of carbonyl (C=O) groups is 2. The van der Waals surface area contributed by atoms with Crippen LogP contribution in [-0.4, -0.2) is 58.3 Å². The van der Waals surface area contributed by atoms with Crippen LogP contribution in [0.5, 0.6) is 11.5 Å². The minimum atomic E-state index is -4.77. The number of benzene rings is 2. The summed E-state index contributed by atoms with van der Waals surface area (Å²) in [4.78, 5) is 47.0. The maximum absolute atomic E-state index is 13.3. The van der Waals surface area contributed by atoms with Gasteiger partial charge in [-0.3, -0.25) is 14.4 Å². The third-order valence-electron chi connectivity index (χ3n) is 6.15. The van der Waals surface area contributed by atoms with E-state index in [9.17, 15) is 27.6 Å². The number of ether oxygens (including phenoxy) is 2. The zero-order valence-electron chi connectivity index (χ0n) is 20.7. The van der Waals surface area contributed by atoms with Gasteiger partial charge in [0, 0.05) is 25.9 Å². The zero-order chi connectivity index (χ0) is 27.4. The SMILES string of the molecule is CC(C)[C@H](NC(=O)c1nc2ccccc2[nH]c1=O)C(=O)N1CCC(Oc2ccc(OC(F)(F)F)cc2)CC1. The average Bonchev–Trinajstić information content (AvgIpc) is 2.87. The molecule has 0 unspecified atom stereocenters. The number of aromatic amines is 1. The molecule has 1 fully saturated rings. The van der Waals surface area contributed by atoms with Crippen LogP contribution >= 0.6 is 0 Å². The molecular formula is C26H27F3N4O5. The van der Waals surface area contributed by atoms with Crippen molar-refractivity contribution in [2.75, 3.05) is 13.1 Å². The summed E-state index contributed by atoms with van der Waals surface area (Å²) in [7, 11) is 0. The molecule has 9 nitrogen and oxygen atoms in total. The molecule has 0 bridgehead atoms. The third-order valence-corrected chi connectivity index (χ3v) is 6.15. The number of fused-ring (bicyclic) bond motifs is 1. The number of nitrogens with zero attached hydrogens (tertiary/aromatic N) is 2. The van der Waals surface area contributed by atoms with Crippen molar-refractivity contribution in [3.05, 3.63) is 64.6 Å². The monoisotopic (exact) mass is 532 g/mol. The van der Waals surface area contributed by atoms with Crippen LogP contribution in [0.25, 0.3) is 11.0 Å². The number of aromatic nitrogens is 2. The summed E-state index contributed by atoms with van der Waals surface area (Å²) < 4.78 is 46.7. The van der Waals surface area contributed by atoms with E-state index in [2.05, 4.69) is 20.0 Å². The summed E-state index contributed by atoms with van der Waals surface area (Å²) in [5.74, 6) is -1.21. The highest BCUT2D eigenvalue weighted by Gasteiger charge is 2.33.